The van der Waals surface area contributed by atoms with Gasteiger partial charge in [0.15, 0.2) is 0 Å². The number of amides is 1. The first-order valence-corrected chi connectivity index (χ1v) is 6.44. The maximum Gasteiger partial charge on any atom is 0.310 e. The SMILES string of the molecule is O=C(NC1C=CC(C(=O)O)C1)c1cccc(Br)c1F. The molecule has 1 aromatic rings. The molecule has 0 saturated heterocycles. The van der Waals surface area contributed by atoms with Gasteiger partial charge in [-0.05, 0) is 34.5 Å². The van der Waals surface area contributed by atoms with E-state index >= 15 is 0 Å². The van der Waals surface area contributed by atoms with Crippen molar-refractivity contribution < 1.29 is 19.1 Å². The second-order valence-corrected chi connectivity index (χ2v) is 5.10. The summed E-state index contributed by atoms with van der Waals surface area (Å²) in [4.78, 5) is 22.7. The van der Waals surface area contributed by atoms with Crippen LogP contribution in [-0.4, -0.2) is 23.0 Å². The van der Waals surface area contributed by atoms with Crippen LogP contribution in [0.4, 0.5) is 4.39 Å². The molecule has 0 fully saturated rings. The van der Waals surface area contributed by atoms with Gasteiger partial charge in [-0.25, -0.2) is 4.39 Å². The van der Waals surface area contributed by atoms with Crippen LogP contribution in [0.5, 0.6) is 0 Å². The summed E-state index contributed by atoms with van der Waals surface area (Å²) in [5.41, 5.74) is -0.0680. The van der Waals surface area contributed by atoms with Crippen molar-refractivity contribution in [2.45, 2.75) is 12.5 Å². The number of halogens is 2. The van der Waals surface area contributed by atoms with E-state index in [1.54, 1.807) is 12.1 Å². The van der Waals surface area contributed by atoms with E-state index in [2.05, 4.69) is 21.2 Å². The zero-order valence-electron chi connectivity index (χ0n) is 9.77. The molecule has 1 aliphatic carbocycles. The Balaban J connectivity index is 2.05. The summed E-state index contributed by atoms with van der Waals surface area (Å²) in [6.07, 6.45) is 3.44. The fourth-order valence-electron chi connectivity index (χ4n) is 1.91. The van der Waals surface area contributed by atoms with Crippen molar-refractivity contribution in [1.82, 2.24) is 5.32 Å². The third-order valence-electron chi connectivity index (χ3n) is 2.91. The van der Waals surface area contributed by atoms with E-state index in [9.17, 15) is 14.0 Å². The van der Waals surface area contributed by atoms with Crippen molar-refractivity contribution in [1.29, 1.82) is 0 Å². The van der Waals surface area contributed by atoms with E-state index in [0.29, 0.717) is 0 Å². The minimum atomic E-state index is -0.929. The van der Waals surface area contributed by atoms with Gasteiger partial charge in [0.2, 0.25) is 0 Å². The number of carbonyl (C=O) groups excluding carboxylic acids is 1. The highest BCUT2D eigenvalue weighted by Gasteiger charge is 2.26. The van der Waals surface area contributed by atoms with Crippen molar-refractivity contribution >= 4 is 27.8 Å². The van der Waals surface area contributed by atoms with Gasteiger partial charge < -0.3 is 10.4 Å². The van der Waals surface area contributed by atoms with Gasteiger partial charge in [0, 0.05) is 6.04 Å². The second-order valence-electron chi connectivity index (χ2n) is 4.25. The summed E-state index contributed by atoms with van der Waals surface area (Å²) in [5.74, 6) is -2.71. The number of carboxylic acid groups (broad SMARTS) is 1. The molecule has 0 spiro atoms. The first kappa shape index (κ1) is 13.7. The molecule has 0 radical (unpaired) electrons. The molecule has 6 heteroatoms. The molecule has 2 atom stereocenters. The van der Waals surface area contributed by atoms with Crippen LogP contribution in [0.15, 0.2) is 34.8 Å². The second kappa shape index (κ2) is 5.52. The maximum absolute atomic E-state index is 13.7. The normalized spacial score (nSPS) is 21.4. The lowest BCUT2D eigenvalue weighted by molar-refractivity contribution is -0.140. The third kappa shape index (κ3) is 3.01. The zero-order chi connectivity index (χ0) is 14.0. The van der Waals surface area contributed by atoms with Crippen LogP contribution in [0.2, 0.25) is 0 Å². The lowest BCUT2D eigenvalue weighted by Gasteiger charge is -2.12. The number of hydrogen-bond acceptors (Lipinski definition) is 2. The Labute approximate surface area is 117 Å². The quantitative estimate of drug-likeness (QED) is 0.837. The van der Waals surface area contributed by atoms with Crippen molar-refractivity contribution in [2.75, 3.05) is 0 Å². The van der Waals surface area contributed by atoms with E-state index in [-0.39, 0.29) is 22.5 Å². The maximum atomic E-state index is 13.7. The Bertz CT molecular complexity index is 559. The minimum absolute atomic E-state index is 0.0680. The van der Waals surface area contributed by atoms with Crippen molar-refractivity contribution in [3.05, 3.63) is 46.2 Å². The summed E-state index contributed by atoms with van der Waals surface area (Å²) in [6.45, 7) is 0. The smallest absolute Gasteiger partial charge is 0.310 e. The van der Waals surface area contributed by atoms with Gasteiger partial charge in [-0.1, -0.05) is 18.2 Å². The molecule has 2 unspecified atom stereocenters. The van der Waals surface area contributed by atoms with Crippen LogP contribution >= 0.6 is 15.9 Å². The number of aliphatic carboxylic acids is 1. The molecule has 19 heavy (non-hydrogen) atoms. The first-order chi connectivity index (χ1) is 8.99. The fraction of sp³-hybridized carbons (Fsp3) is 0.231. The molecule has 0 aromatic heterocycles. The monoisotopic (exact) mass is 327 g/mol. The van der Waals surface area contributed by atoms with E-state index < -0.39 is 23.6 Å². The number of nitrogens with one attached hydrogen (secondary N) is 1. The molecule has 0 heterocycles. The molecule has 0 aliphatic heterocycles. The molecule has 2 rings (SSSR count). The fourth-order valence-corrected chi connectivity index (χ4v) is 2.28. The largest absolute Gasteiger partial charge is 0.481 e. The zero-order valence-corrected chi connectivity index (χ0v) is 11.4. The Kier molecular flexibility index (Phi) is 3.99. The highest BCUT2D eigenvalue weighted by atomic mass is 79.9. The Morgan fingerprint density at radius 1 is 1.37 bits per heavy atom. The molecule has 1 aliphatic rings. The number of carbonyl (C=O) groups is 2. The highest BCUT2D eigenvalue weighted by Crippen LogP contribution is 2.21. The number of carboxylic acids is 1. The molecule has 2 N–H and O–H groups in total. The topological polar surface area (TPSA) is 66.4 Å². The molecule has 4 nitrogen and oxygen atoms in total. The molecule has 1 amide bonds. The summed E-state index contributed by atoms with van der Waals surface area (Å²) < 4.78 is 13.9. The van der Waals surface area contributed by atoms with Crippen LogP contribution in [-0.2, 0) is 4.79 Å². The van der Waals surface area contributed by atoms with Crippen LogP contribution in [0.1, 0.15) is 16.8 Å². The molecule has 0 saturated carbocycles. The van der Waals surface area contributed by atoms with Crippen molar-refractivity contribution in [3.63, 3.8) is 0 Å². The summed E-state index contributed by atoms with van der Waals surface area (Å²) >= 11 is 3.01. The Morgan fingerprint density at radius 3 is 2.74 bits per heavy atom. The van der Waals surface area contributed by atoms with Gasteiger partial charge in [-0.3, -0.25) is 9.59 Å². The van der Waals surface area contributed by atoms with E-state index in [1.807, 2.05) is 0 Å². The Morgan fingerprint density at radius 2 is 2.11 bits per heavy atom. The number of rotatable bonds is 3. The highest BCUT2D eigenvalue weighted by molar-refractivity contribution is 9.10. The lowest BCUT2D eigenvalue weighted by Crippen LogP contribution is -2.33. The summed E-state index contributed by atoms with van der Waals surface area (Å²) in [5, 5.41) is 11.4. The summed E-state index contributed by atoms with van der Waals surface area (Å²) in [7, 11) is 0. The third-order valence-corrected chi connectivity index (χ3v) is 3.53. The number of benzene rings is 1. The Hall–Kier alpha value is -1.69. The number of hydrogen-bond donors (Lipinski definition) is 2. The predicted octanol–water partition coefficient (Wildman–Crippen LogP) is 2.35. The van der Waals surface area contributed by atoms with Gasteiger partial charge in [-0.15, -0.1) is 0 Å². The predicted molar refractivity (Wildman–Crippen MR) is 70.2 cm³/mol. The average Bonchev–Trinajstić information content (AvgIpc) is 2.81. The van der Waals surface area contributed by atoms with E-state index in [4.69, 9.17) is 5.11 Å². The van der Waals surface area contributed by atoms with Gasteiger partial charge in [0.1, 0.15) is 5.82 Å². The molecular formula is C13H11BrFNO3. The van der Waals surface area contributed by atoms with Gasteiger partial charge in [-0.2, -0.15) is 0 Å². The van der Waals surface area contributed by atoms with Gasteiger partial charge in [0.25, 0.3) is 5.91 Å². The summed E-state index contributed by atoms with van der Waals surface area (Å²) in [6, 6.07) is 4.06. The van der Waals surface area contributed by atoms with Gasteiger partial charge >= 0.3 is 5.97 Å². The minimum Gasteiger partial charge on any atom is -0.481 e. The lowest BCUT2D eigenvalue weighted by atomic mass is 10.1. The van der Waals surface area contributed by atoms with Crippen LogP contribution < -0.4 is 5.32 Å². The average molecular weight is 328 g/mol. The van der Waals surface area contributed by atoms with E-state index in [1.165, 1.54) is 18.2 Å². The molecule has 0 bridgehead atoms. The molecule has 100 valence electrons. The van der Waals surface area contributed by atoms with Crippen molar-refractivity contribution in [2.24, 2.45) is 5.92 Å². The van der Waals surface area contributed by atoms with E-state index in [0.717, 1.165) is 0 Å². The molecular weight excluding hydrogens is 317 g/mol. The molecule has 1 aromatic carbocycles. The first-order valence-electron chi connectivity index (χ1n) is 5.65. The van der Waals surface area contributed by atoms with Crippen molar-refractivity contribution in [3.8, 4) is 0 Å². The van der Waals surface area contributed by atoms with Crippen LogP contribution in [0.3, 0.4) is 0 Å². The standard InChI is InChI=1S/C13H11BrFNO3/c14-10-3-1-2-9(11(10)15)12(17)16-8-5-4-7(6-8)13(18)19/h1-5,7-8H,6H2,(H,16,17)(H,18,19). The van der Waals surface area contributed by atoms with Crippen LogP contribution in [0.25, 0.3) is 0 Å². The van der Waals surface area contributed by atoms with Crippen LogP contribution in [0, 0.1) is 11.7 Å². The van der Waals surface area contributed by atoms with Gasteiger partial charge in [0.05, 0.1) is 16.0 Å².